The summed E-state index contributed by atoms with van der Waals surface area (Å²) in [6, 6.07) is -1.47. The Labute approximate surface area is 182 Å². The molecule has 2 aliphatic heterocycles. The summed E-state index contributed by atoms with van der Waals surface area (Å²) in [4.78, 5) is 11.4. The lowest BCUT2D eigenvalue weighted by Crippen LogP contribution is -2.67. The molecule has 0 saturated carbocycles. The van der Waals surface area contributed by atoms with Crippen molar-refractivity contribution in [3.05, 3.63) is 0 Å². The lowest BCUT2D eigenvalue weighted by Gasteiger charge is -2.46. The van der Waals surface area contributed by atoms with Crippen molar-refractivity contribution in [3.8, 4) is 0 Å². The van der Waals surface area contributed by atoms with E-state index in [2.05, 4.69) is 9.50 Å². The molecule has 2 heterocycles. The van der Waals surface area contributed by atoms with E-state index in [0.29, 0.717) is 0 Å². The highest BCUT2D eigenvalue weighted by Crippen LogP contribution is 2.31. The zero-order chi connectivity index (χ0) is 24.4. The summed E-state index contributed by atoms with van der Waals surface area (Å²) < 4.78 is 52.2. The molecule has 1 amide bonds. The minimum atomic E-state index is -4.96. The molecule has 0 radical (unpaired) electrons. The van der Waals surface area contributed by atoms with Crippen molar-refractivity contribution in [2.75, 3.05) is 20.3 Å². The number of hydrogen-bond donors (Lipinski definition) is 8. The maximum Gasteiger partial charge on any atom is 0.397 e. The molecular weight excluding hydrogens is 466 g/mol. The molecule has 2 rings (SSSR count). The average Bonchev–Trinajstić information content (AvgIpc) is 2.66. The van der Waals surface area contributed by atoms with E-state index in [4.69, 9.17) is 18.8 Å². The van der Waals surface area contributed by atoms with Crippen molar-refractivity contribution in [2.24, 2.45) is 0 Å². The third kappa shape index (κ3) is 6.50. The Morgan fingerprint density at radius 1 is 1.09 bits per heavy atom. The van der Waals surface area contributed by atoms with Crippen LogP contribution < -0.4 is 5.32 Å². The summed E-state index contributed by atoms with van der Waals surface area (Å²) in [6.45, 7) is -0.634. The zero-order valence-electron chi connectivity index (χ0n) is 17.0. The standard InChI is InChI=1S/C15H27NO15S/c1-5(18)16-8-10(20)12(7(28-14(8)22)4-27-32(24,25)26)30-15-11(21)13(31(2)23)9(19)6(3-17)29-15/h6-15,17,19-23H,3-4H2,1-2H3,(H-,16,18,24,25,26)/p+1/t6-,7-,8-,9+,10-,11-,12-,13+,14-,15+/m1/s1. The Morgan fingerprint density at radius 2 is 1.72 bits per heavy atom. The number of carbonyl (C=O) groups excluding carboxylic acids is 1. The lowest BCUT2D eigenvalue weighted by molar-refractivity contribution is -0.484. The summed E-state index contributed by atoms with van der Waals surface area (Å²) in [5.41, 5.74) is 0. The third-order valence-corrected chi connectivity index (χ3v) is 5.38. The van der Waals surface area contributed by atoms with Gasteiger partial charge in [0.15, 0.2) is 31.9 Å². The number of ether oxygens (including phenoxy) is 3. The second-order valence-electron chi connectivity index (χ2n) is 7.29. The van der Waals surface area contributed by atoms with Gasteiger partial charge in [0.1, 0.15) is 30.5 Å². The fourth-order valence-electron chi connectivity index (χ4n) is 3.50. The van der Waals surface area contributed by atoms with Crippen molar-refractivity contribution in [1.82, 2.24) is 5.32 Å². The Hall–Kier alpha value is -1.06. The molecule has 2 aliphatic rings. The molecule has 188 valence electrons. The number of nitrogens with one attached hydrogen (secondary N) is 1. The van der Waals surface area contributed by atoms with Crippen molar-refractivity contribution < 1.29 is 71.5 Å². The van der Waals surface area contributed by atoms with Gasteiger partial charge in [-0.25, -0.2) is 8.70 Å². The van der Waals surface area contributed by atoms with Crippen LogP contribution in [0.4, 0.5) is 0 Å². The number of carbonyl (C=O) groups is 1. The highest BCUT2D eigenvalue weighted by atomic mass is 32.3. The average molecular weight is 494 g/mol. The van der Waals surface area contributed by atoms with Crippen LogP contribution in [0.25, 0.3) is 0 Å². The molecule has 2 saturated heterocycles. The molecule has 16 nitrogen and oxygen atoms in total. The quantitative estimate of drug-likeness (QED) is 0.0683. The minimum absolute atomic E-state index is 0.668. The van der Waals surface area contributed by atoms with Gasteiger partial charge in [0.2, 0.25) is 5.91 Å². The fraction of sp³-hybridized carbons (Fsp3) is 0.933. The largest absolute Gasteiger partial charge is 0.397 e. The molecule has 0 aromatic rings. The van der Waals surface area contributed by atoms with E-state index < -0.39 is 90.9 Å². The first-order valence-electron chi connectivity index (χ1n) is 9.29. The Bertz CT molecular complexity index is 734. The predicted octanol–water partition coefficient (Wildman–Crippen LogP) is -4.76. The van der Waals surface area contributed by atoms with Crippen LogP contribution in [0.2, 0.25) is 0 Å². The number of aliphatic hydroxyl groups excluding tert-OH is 5. The molecule has 2 fully saturated rings. The first kappa shape index (κ1) is 27.2. The van der Waals surface area contributed by atoms with Crippen LogP contribution in [-0.4, -0.2) is 131 Å². The highest BCUT2D eigenvalue weighted by Gasteiger charge is 2.55. The summed E-state index contributed by atoms with van der Waals surface area (Å²) in [6.07, 6.45) is -14.8. The first-order chi connectivity index (χ1) is 14.8. The van der Waals surface area contributed by atoms with E-state index >= 15 is 0 Å². The van der Waals surface area contributed by atoms with Crippen LogP contribution in [0.1, 0.15) is 6.92 Å². The van der Waals surface area contributed by atoms with E-state index in [1.165, 1.54) is 4.52 Å². The highest BCUT2D eigenvalue weighted by molar-refractivity contribution is 7.80. The number of hydrogen-bond acceptors (Lipinski definition) is 13. The van der Waals surface area contributed by atoms with Crippen molar-refractivity contribution in [1.29, 1.82) is 0 Å². The van der Waals surface area contributed by atoms with Crippen LogP contribution in [0, 0.1) is 0 Å². The molecule has 0 spiro atoms. The van der Waals surface area contributed by atoms with Crippen molar-refractivity contribution in [3.63, 3.8) is 0 Å². The Morgan fingerprint density at radius 3 is 2.22 bits per heavy atom. The summed E-state index contributed by atoms with van der Waals surface area (Å²) in [7, 11) is -3.93. The number of rotatable bonds is 8. The van der Waals surface area contributed by atoms with Gasteiger partial charge in [-0.3, -0.25) is 9.35 Å². The van der Waals surface area contributed by atoms with E-state index in [9.17, 15) is 44.0 Å². The molecule has 0 unspecified atom stereocenters. The van der Waals surface area contributed by atoms with E-state index in [0.717, 1.165) is 14.0 Å². The molecule has 0 aromatic carbocycles. The van der Waals surface area contributed by atoms with Crippen LogP contribution in [0.5, 0.6) is 0 Å². The Kier molecular flexibility index (Phi) is 9.27. The molecule has 0 aromatic heterocycles. The van der Waals surface area contributed by atoms with Crippen molar-refractivity contribution in [2.45, 2.75) is 68.3 Å². The summed E-state index contributed by atoms with van der Waals surface area (Å²) in [5.74, 6) is -0.668. The third-order valence-electron chi connectivity index (χ3n) is 4.95. The van der Waals surface area contributed by atoms with E-state index in [1.54, 1.807) is 0 Å². The summed E-state index contributed by atoms with van der Waals surface area (Å²) >= 11 is 0. The SMILES string of the molecule is CC(=O)N[C@@H]1[C@@H](O)[C@H](O[C@@H]2O[C@H](CO)[C@H](O)[C@H]([O+](C)O)[C@H]2O)[C@@H](COS(=O)(=O)O)O[C@H]1O. The van der Waals surface area contributed by atoms with Crippen LogP contribution in [0.3, 0.4) is 0 Å². The van der Waals surface area contributed by atoms with Gasteiger partial charge in [-0.05, 0) is 0 Å². The monoisotopic (exact) mass is 494 g/mol. The van der Waals surface area contributed by atoms with Gasteiger partial charge < -0.3 is 45.1 Å². The number of amides is 1. The summed E-state index contributed by atoms with van der Waals surface area (Å²) in [5, 5.41) is 62.7. The predicted molar refractivity (Wildman–Crippen MR) is 98.1 cm³/mol. The second-order valence-corrected chi connectivity index (χ2v) is 8.38. The molecule has 17 heteroatoms. The number of aliphatic hydroxyl groups is 5. The van der Waals surface area contributed by atoms with Crippen LogP contribution in [0.15, 0.2) is 0 Å². The maximum absolute atomic E-state index is 11.4. The molecular formula is C15H28NO15S+. The van der Waals surface area contributed by atoms with Gasteiger partial charge in [0.05, 0.1) is 13.2 Å². The topological polar surface area (TPSA) is 244 Å². The minimum Gasteiger partial charge on any atom is -0.394 e. The maximum atomic E-state index is 11.4. The molecule has 0 aliphatic carbocycles. The molecule has 32 heavy (non-hydrogen) atoms. The van der Waals surface area contributed by atoms with Gasteiger partial charge in [-0.2, -0.15) is 8.42 Å². The van der Waals surface area contributed by atoms with Crippen molar-refractivity contribution >= 4 is 16.3 Å². The van der Waals surface area contributed by atoms with E-state index in [1.807, 2.05) is 0 Å². The zero-order valence-corrected chi connectivity index (χ0v) is 17.8. The Balaban J connectivity index is 2.30. The van der Waals surface area contributed by atoms with Gasteiger partial charge in [0, 0.05) is 6.92 Å². The van der Waals surface area contributed by atoms with Crippen LogP contribution in [-0.2, 0) is 38.1 Å². The smallest absolute Gasteiger partial charge is 0.394 e. The van der Waals surface area contributed by atoms with Gasteiger partial charge in [-0.15, -0.1) is 5.26 Å². The van der Waals surface area contributed by atoms with Gasteiger partial charge >= 0.3 is 10.4 Å². The lowest BCUT2D eigenvalue weighted by atomic mass is 9.95. The normalized spacial score (nSPS) is 40.9. The second kappa shape index (κ2) is 10.9. The first-order valence-corrected chi connectivity index (χ1v) is 10.7. The molecule has 0 bridgehead atoms. The molecule has 10 atom stereocenters. The van der Waals surface area contributed by atoms with E-state index in [-0.39, 0.29) is 0 Å². The fourth-order valence-corrected chi connectivity index (χ4v) is 3.81. The van der Waals surface area contributed by atoms with Gasteiger partial charge in [-0.1, -0.05) is 0 Å². The van der Waals surface area contributed by atoms with Crippen LogP contribution >= 0.6 is 0 Å². The molecule has 8 N–H and O–H groups in total. The van der Waals surface area contributed by atoms with Gasteiger partial charge in [0.25, 0.3) is 6.10 Å².